The van der Waals surface area contributed by atoms with Gasteiger partial charge in [-0.3, -0.25) is 14.6 Å². The van der Waals surface area contributed by atoms with Gasteiger partial charge in [0.05, 0.1) is 29.4 Å². The van der Waals surface area contributed by atoms with Crippen LogP contribution in [0.2, 0.25) is 10.0 Å². The monoisotopic (exact) mass is 478 g/mol. The molecular weight excluding hydrogens is 458 g/mol. The number of pyridine rings is 1. The van der Waals surface area contributed by atoms with E-state index in [2.05, 4.69) is 15.6 Å². The third-order valence-corrected chi connectivity index (χ3v) is 5.54. The van der Waals surface area contributed by atoms with Gasteiger partial charge in [0.15, 0.2) is 0 Å². The van der Waals surface area contributed by atoms with Gasteiger partial charge in [-0.2, -0.15) is 5.26 Å². The predicted molar refractivity (Wildman–Crippen MR) is 118 cm³/mol. The highest BCUT2D eigenvalue weighted by molar-refractivity contribution is 6.36. The fourth-order valence-electron chi connectivity index (χ4n) is 3.30. The molecule has 0 radical (unpaired) electrons. The van der Waals surface area contributed by atoms with Crippen molar-refractivity contribution in [1.82, 2.24) is 15.6 Å². The number of nitrogens with one attached hydrogen (secondary N) is 2. The van der Waals surface area contributed by atoms with Gasteiger partial charge in [0.25, 0.3) is 0 Å². The van der Waals surface area contributed by atoms with Crippen molar-refractivity contribution < 1.29 is 18.7 Å². The predicted octanol–water partition coefficient (Wildman–Crippen LogP) is 4.33. The Labute approximate surface area is 194 Å². The van der Waals surface area contributed by atoms with Gasteiger partial charge >= 0.3 is 0 Å². The molecule has 1 aliphatic rings. The minimum atomic E-state index is -1.05. The van der Waals surface area contributed by atoms with E-state index in [0.29, 0.717) is 46.4 Å². The molecule has 2 aromatic rings. The van der Waals surface area contributed by atoms with E-state index < -0.39 is 29.2 Å². The Morgan fingerprint density at radius 3 is 2.66 bits per heavy atom. The first-order valence-corrected chi connectivity index (χ1v) is 10.7. The molecule has 1 aromatic carbocycles. The third-order valence-electron chi connectivity index (χ3n) is 5.04. The van der Waals surface area contributed by atoms with Crippen molar-refractivity contribution in [2.45, 2.75) is 44.7 Å². The number of amides is 2. The average molecular weight is 479 g/mol. The summed E-state index contributed by atoms with van der Waals surface area (Å²) in [7, 11) is 0. The van der Waals surface area contributed by atoms with Crippen LogP contribution in [0.4, 0.5) is 4.39 Å². The van der Waals surface area contributed by atoms with Crippen LogP contribution in [0.3, 0.4) is 0 Å². The Kier molecular flexibility index (Phi) is 7.22. The number of nitrogens with zero attached hydrogens (tertiary/aromatic N) is 2. The largest absolute Gasteiger partial charge is 0.492 e. The van der Waals surface area contributed by atoms with Crippen LogP contribution < -0.4 is 15.4 Å². The minimum Gasteiger partial charge on any atom is -0.492 e. The number of benzene rings is 1. The van der Waals surface area contributed by atoms with Crippen LogP contribution in [0.1, 0.15) is 44.8 Å². The Balaban J connectivity index is 1.80. The van der Waals surface area contributed by atoms with Crippen LogP contribution >= 0.6 is 23.2 Å². The molecular formula is C22H21Cl2FN4O3. The molecule has 0 aliphatic heterocycles. The van der Waals surface area contributed by atoms with Crippen LogP contribution in [0.15, 0.2) is 24.4 Å². The number of hydrogen-bond acceptors (Lipinski definition) is 5. The Bertz CT molecular complexity index is 1100. The number of carbonyl (C=O) groups excluding carboxylic acids is 2. The topological polar surface area (TPSA) is 104 Å². The zero-order chi connectivity index (χ0) is 23.5. The zero-order valence-electron chi connectivity index (χ0n) is 17.5. The van der Waals surface area contributed by atoms with Gasteiger partial charge in [0.1, 0.15) is 23.5 Å². The van der Waals surface area contributed by atoms with Crippen molar-refractivity contribution in [3.8, 4) is 22.9 Å². The van der Waals surface area contributed by atoms with E-state index in [-0.39, 0.29) is 12.1 Å². The molecule has 1 saturated carbocycles. The van der Waals surface area contributed by atoms with Crippen molar-refractivity contribution in [2.75, 3.05) is 6.61 Å². The lowest BCUT2D eigenvalue weighted by Gasteiger charge is -2.21. The zero-order valence-corrected chi connectivity index (χ0v) is 19.0. The maximum atomic E-state index is 15.0. The Hall–Kier alpha value is -2.89. The van der Waals surface area contributed by atoms with E-state index in [1.807, 2.05) is 0 Å². The van der Waals surface area contributed by atoms with Crippen molar-refractivity contribution in [1.29, 1.82) is 5.26 Å². The van der Waals surface area contributed by atoms with Gasteiger partial charge in [-0.1, -0.05) is 23.2 Å². The summed E-state index contributed by atoms with van der Waals surface area (Å²) in [4.78, 5) is 28.5. The van der Waals surface area contributed by atoms with Crippen LogP contribution in [0.25, 0.3) is 11.1 Å². The molecule has 7 nitrogen and oxygen atoms in total. The molecule has 0 bridgehead atoms. The summed E-state index contributed by atoms with van der Waals surface area (Å²) in [6.07, 6.45) is 2.02. The van der Waals surface area contributed by atoms with Crippen LogP contribution in [-0.4, -0.2) is 28.9 Å². The normalized spacial score (nSPS) is 14.8. The van der Waals surface area contributed by atoms with Crippen molar-refractivity contribution >= 4 is 35.0 Å². The second kappa shape index (κ2) is 9.72. The maximum Gasteiger partial charge on any atom is 0.246 e. The highest BCUT2D eigenvalue weighted by Gasteiger charge is 2.51. The standard InChI is InChI=1S/C22H21Cl2FN4O3/c1-3-32-20-15(9-14(23)10-16(20)24)13-8-17(25)19(27-11-13)12(2)28-21(31)22(5-6-22)29-18(30)4-7-26/h8-12H,3-6H2,1-2H3,(H,28,31)(H,29,30)/t12-/m1/s1. The third kappa shape index (κ3) is 5.12. The summed E-state index contributed by atoms with van der Waals surface area (Å²) < 4.78 is 20.5. The number of ether oxygens (including phenoxy) is 1. The molecule has 2 N–H and O–H groups in total. The quantitative estimate of drug-likeness (QED) is 0.587. The lowest BCUT2D eigenvalue weighted by molar-refractivity contribution is -0.130. The molecule has 2 amide bonds. The molecule has 3 rings (SSSR count). The molecule has 1 fully saturated rings. The Morgan fingerprint density at radius 1 is 1.34 bits per heavy atom. The first-order chi connectivity index (χ1) is 15.2. The fraction of sp³-hybridized carbons (Fsp3) is 0.364. The first kappa shape index (κ1) is 23.8. The number of carbonyl (C=O) groups is 2. The molecule has 1 aliphatic carbocycles. The van der Waals surface area contributed by atoms with Gasteiger partial charge in [0, 0.05) is 22.3 Å². The van der Waals surface area contributed by atoms with Crippen molar-refractivity contribution in [3.05, 3.63) is 46.0 Å². The molecule has 32 heavy (non-hydrogen) atoms. The molecule has 0 spiro atoms. The lowest BCUT2D eigenvalue weighted by atomic mass is 10.0. The first-order valence-electron chi connectivity index (χ1n) is 9.97. The average Bonchev–Trinajstić information content (AvgIpc) is 3.50. The van der Waals surface area contributed by atoms with E-state index >= 15 is 0 Å². The summed E-state index contributed by atoms with van der Waals surface area (Å²) in [6, 6.07) is 5.41. The van der Waals surface area contributed by atoms with Crippen molar-refractivity contribution in [2.24, 2.45) is 0 Å². The number of nitriles is 1. The molecule has 1 aromatic heterocycles. The van der Waals surface area contributed by atoms with E-state index in [1.165, 1.54) is 18.3 Å². The van der Waals surface area contributed by atoms with E-state index in [0.717, 1.165) is 0 Å². The minimum absolute atomic E-state index is 0.0346. The van der Waals surface area contributed by atoms with Gasteiger partial charge in [0.2, 0.25) is 11.8 Å². The SMILES string of the molecule is CCOc1c(Cl)cc(Cl)cc1-c1cnc([C@@H](C)NC(=O)C2(NC(=O)CC#N)CC2)c(F)c1. The molecule has 10 heteroatoms. The summed E-state index contributed by atoms with van der Waals surface area (Å²) >= 11 is 12.3. The van der Waals surface area contributed by atoms with E-state index in [1.54, 1.807) is 26.0 Å². The fourth-order valence-corrected chi connectivity index (χ4v) is 3.85. The number of halogens is 3. The van der Waals surface area contributed by atoms with Crippen LogP contribution in [0.5, 0.6) is 5.75 Å². The summed E-state index contributed by atoms with van der Waals surface area (Å²) in [5, 5.41) is 14.5. The van der Waals surface area contributed by atoms with E-state index in [9.17, 15) is 14.0 Å². The summed E-state index contributed by atoms with van der Waals surface area (Å²) in [5.41, 5.74) is -0.105. The number of hydrogen-bond donors (Lipinski definition) is 2. The highest BCUT2D eigenvalue weighted by atomic mass is 35.5. The second-order valence-electron chi connectivity index (χ2n) is 7.45. The maximum absolute atomic E-state index is 15.0. The van der Waals surface area contributed by atoms with Crippen LogP contribution in [0, 0.1) is 17.1 Å². The molecule has 168 valence electrons. The van der Waals surface area contributed by atoms with Gasteiger partial charge in [-0.15, -0.1) is 0 Å². The molecule has 1 heterocycles. The number of aromatic nitrogens is 1. The molecule has 1 atom stereocenters. The van der Waals surface area contributed by atoms with Crippen LogP contribution in [-0.2, 0) is 9.59 Å². The molecule has 0 unspecified atom stereocenters. The summed E-state index contributed by atoms with van der Waals surface area (Å²) in [5.74, 6) is -1.22. The highest BCUT2D eigenvalue weighted by Crippen LogP contribution is 2.40. The smallest absolute Gasteiger partial charge is 0.246 e. The van der Waals surface area contributed by atoms with E-state index in [4.69, 9.17) is 33.2 Å². The van der Waals surface area contributed by atoms with Gasteiger partial charge in [-0.25, -0.2) is 4.39 Å². The molecule has 0 saturated heterocycles. The van der Waals surface area contributed by atoms with Gasteiger partial charge in [-0.05, 0) is 44.9 Å². The van der Waals surface area contributed by atoms with Gasteiger partial charge < -0.3 is 15.4 Å². The Morgan fingerprint density at radius 2 is 2.06 bits per heavy atom. The summed E-state index contributed by atoms with van der Waals surface area (Å²) in [6.45, 7) is 3.76. The number of rotatable bonds is 8. The second-order valence-corrected chi connectivity index (χ2v) is 8.29. The lowest BCUT2D eigenvalue weighted by Crippen LogP contribution is -2.49. The van der Waals surface area contributed by atoms with Crippen molar-refractivity contribution in [3.63, 3.8) is 0 Å².